The molecule has 0 aliphatic heterocycles. The van der Waals surface area contributed by atoms with Crippen molar-refractivity contribution in [1.29, 1.82) is 0 Å². The van der Waals surface area contributed by atoms with Gasteiger partial charge in [0.25, 0.3) is 0 Å². The third-order valence-electron chi connectivity index (χ3n) is 2.89. The third-order valence-corrected chi connectivity index (χ3v) is 2.89. The Morgan fingerprint density at radius 3 is 1.86 bits per heavy atom. The van der Waals surface area contributed by atoms with Crippen molar-refractivity contribution in [1.82, 2.24) is 0 Å². The first-order chi connectivity index (χ1) is 10.0. The summed E-state index contributed by atoms with van der Waals surface area (Å²) in [5.41, 5.74) is 0.326. The SMILES string of the molecule is COc1cc(CNc2c(F)cc(F)cc2F)cc(OC)c1. The molecule has 0 amide bonds. The molecule has 2 aromatic rings. The number of anilines is 1. The topological polar surface area (TPSA) is 30.5 Å². The van der Waals surface area contributed by atoms with E-state index >= 15 is 0 Å². The maximum Gasteiger partial charge on any atom is 0.152 e. The average molecular weight is 297 g/mol. The molecule has 0 unspecified atom stereocenters. The van der Waals surface area contributed by atoms with Gasteiger partial charge in [0.05, 0.1) is 14.2 Å². The quantitative estimate of drug-likeness (QED) is 0.912. The van der Waals surface area contributed by atoms with E-state index in [2.05, 4.69) is 5.32 Å². The summed E-state index contributed by atoms with van der Waals surface area (Å²) in [6.45, 7) is 0.132. The van der Waals surface area contributed by atoms with Crippen LogP contribution in [0.1, 0.15) is 5.56 Å². The zero-order chi connectivity index (χ0) is 15.4. The molecule has 2 rings (SSSR count). The molecule has 1 N–H and O–H groups in total. The van der Waals surface area contributed by atoms with Crippen LogP contribution in [0.5, 0.6) is 11.5 Å². The van der Waals surface area contributed by atoms with Gasteiger partial charge >= 0.3 is 0 Å². The number of halogens is 3. The van der Waals surface area contributed by atoms with E-state index in [-0.39, 0.29) is 12.2 Å². The van der Waals surface area contributed by atoms with Crippen LogP contribution in [0, 0.1) is 17.5 Å². The van der Waals surface area contributed by atoms with Crippen molar-refractivity contribution in [3.8, 4) is 11.5 Å². The molecule has 0 aliphatic carbocycles. The lowest BCUT2D eigenvalue weighted by Gasteiger charge is -2.11. The number of benzene rings is 2. The standard InChI is InChI=1S/C15H14F3NO2/c1-20-11-3-9(4-12(7-11)21-2)8-19-15-13(17)5-10(16)6-14(15)18/h3-7,19H,8H2,1-2H3. The van der Waals surface area contributed by atoms with Crippen molar-refractivity contribution in [2.45, 2.75) is 6.54 Å². The van der Waals surface area contributed by atoms with Crippen LogP contribution in [-0.2, 0) is 6.54 Å². The maximum atomic E-state index is 13.5. The van der Waals surface area contributed by atoms with Crippen molar-refractivity contribution in [2.24, 2.45) is 0 Å². The molecule has 21 heavy (non-hydrogen) atoms. The van der Waals surface area contributed by atoms with E-state index in [0.29, 0.717) is 29.2 Å². The lowest BCUT2D eigenvalue weighted by atomic mass is 10.2. The van der Waals surface area contributed by atoms with E-state index in [1.54, 1.807) is 18.2 Å². The van der Waals surface area contributed by atoms with Gasteiger partial charge in [-0.05, 0) is 17.7 Å². The van der Waals surface area contributed by atoms with E-state index in [4.69, 9.17) is 9.47 Å². The molecule has 0 aliphatic rings. The fourth-order valence-electron chi connectivity index (χ4n) is 1.87. The summed E-state index contributed by atoms with van der Waals surface area (Å²) in [7, 11) is 3.01. The van der Waals surface area contributed by atoms with Gasteiger partial charge in [0.2, 0.25) is 0 Å². The number of rotatable bonds is 5. The second kappa shape index (κ2) is 6.39. The number of hydrogen-bond donors (Lipinski definition) is 1. The normalized spacial score (nSPS) is 10.3. The van der Waals surface area contributed by atoms with Gasteiger partial charge in [-0.2, -0.15) is 0 Å². The van der Waals surface area contributed by atoms with E-state index < -0.39 is 17.5 Å². The van der Waals surface area contributed by atoms with Crippen molar-refractivity contribution in [2.75, 3.05) is 19.5 Å². The molecule has 112 valence electrons. The summed E-state index contributed by atoms with van der Waals surface area (Å²) in [5, 5.41) is 2.60. The largest absolute Gasteiger partial charge is 0.497 e. The van der Waals surface area contributed by atoms with Gasteiger partial charge in [-0.1, -0.05) is 0 Å². The molecule has 0 saturated heterocycles. The molecule has 0 spiro atoms. The van der Waals surface area contributed by atoms with Crippen LogP contribution >= 0.6 is 0 Å². The van der Waals surface area contributed by atoms with Gasteiger partial charge in [-0.25, -0.2) is 13.2 Å². The Kier molecular flexibility index (Phi) is 4.57. The zero-order valence-corrected chi connectivity index (χ0v) is 11.5. The highest BCUT2D eigenvalue weighted by atomic mass is 19.1. The zero-order valence-electron chi connectivity index (χ0n) is 11.5. The van der Waals surface area contributed by atoms with Crippen molar-refractivity contribution in [3.63, 3.8) is 0 Å². The molecule has 2 aromatic carbocycles. The van der Waals surface area contributed by atoms with Gasteiger partial charge in [-0.3, -0.25) is 0 Å². The number of ether oxygens (including phenoxy) is 2. The first-order valence-corrected chi connectivity index (χ1v) is 6.14. The first kappa shape index (κ1) is 15.0. The highest BCUT2D eigenvalue weighted by Crippen LogP contribution is 2.25. The summed E-state index contributed by atoms with van der Waals surface area (Å²) in [4.78, 5) is 0. The Morgan fingerprint density at radius 2 is 1.38 bits per heavy atom. The fraction of sp³-hybridized carbons (Fsp3) is 0.200. The minimum atomic E-state index is -0.984. The molecule has 0 radical (unpaired) electrons. The number of methoxy groups -OCH3 is 2. The molecule has 6 heteroatoms. The van der Waals surface area contributed by atoms with Gasteiger partial charge in [-0.15, -0.1) is 0 Å². The van der Waals surface area contributed by atoms with Crippen LogP contribution in [0.15, 0.2) is 30.3 Å². The van der Waals surface area contributed by atoms with Gasteiger partial charge in [0, 0.05) is 24.7 Å². The maximum absolute atomic E-state index is 13.5. The van der Waals surface area contributed by atoms with Crippen LogP contribution in [0.3, 0.4) is 0 Å². The van der Waals surface area contributed by atoms with Crippen molar-refractivity contribution >= 4 is 5.69 Å². The van der Waals surface area contributed by atoms with Gasteiger partial charge < -0.3 is 14.8 Å². The van der Waals surface area contributed by atoms with Gasteiger partial charge in [0.15, 0.2) is 11.6 Å². The molecule has 0 fully saturated rings. The summed E-state index contributed by atoms with van der Waals surface area (Å²) in [5.74, 6) is -1.80. The number of nitrogens with one attached hydrogen (secondary N) is 1. The average Bonchev–Trinajstić information content (AvgIpc) is 2.45. The predicted molar refractivity (Wildman–Crippen MR) is 73.2 cm³/mol. The molecule has 3 nitrogen and oxygen atoms in total. The minimum Gasteiger partial charge on any atom is -0.497 e. The summed E-state index contributed by atoms with van der Waals surface area (Å²) < 4.78 is 50.1. The molecule has 0 saturated carbocycles. The predicted octanol–water partition coefficient (Wildman–Crippen LogP) is 3.73. The Hall–Kier alpha value is -2.37. The highest BCUT2D eigenvalue weighted by molar-refractivity contribution is 5.48. The molecule has 0 atom stereocenters. The van der Waals surface area contributed by atoms with Crippen LogP contribution in [-0.4, -0.2) is 14.2 Å². The van der Waals surface area contributed by atoms with Crippen LogP contribution in [0.4, 0.5) is 18.9 Å². The van der Waals surface area contributed by atoms with Crippen LogP contribution < -0.4 is 14.8 Å². The molecule has 0 heterocycles. The number of hydrogen-bond acceptors (Lipinski definition) is 3. The summed E-state index contributed by atoms with van der Waals surface area (Å²) in [6, 6.07) is 6.33. The molecular formula is C15H14F3NO2. The second-order valence-corrected chi connectivity index (χ2v) is 4.32. The lowest BCUT2D eigenvalue weighted by molar-refractivity contribution is 0.393. The second-order valence-electron chi connectivity index (χ2n) is 4.32. The fourth-order valence-corrected chi connectivity index (χ4v) is 1.87. The van der Waals surface area contributed by atoms with Crippen molar-refractivity contribution in [3.05, 3.63) is 53.3 Å². The third kappa shape index (κ3) is 3.59. The molecule has 0 aromatic heterocycles. The molecular weight excluding hydrogens is 283 g/mol. The van der Waals surface area contributed by atoms with Crippen molar-refractivity contribution < 1.29 is 22.6 Å². The Bertz CT molecular complexity index is 602. The minimum absolute atomic E-state index is 0.132. The van der Waals surface area contributed by atoms with E-state index in [9.17, 15) is 13.2 Å². The Balaban J connectivity index is 2.20. The Labute approximate surface area is 120 Å². The van der Waals surface area contributed by atoms with E-state index in [1.165, 1.54) is 14.2 Å². The van der Waals surface area contributed by atoms with Crippen LogP contribution in [0.25, 0.3) is 0 Å². The van der Waals surface area contributed by atoms with E-state index in [1.807, 2.05) is 0 Å². The van der Waals surface area contributed by atoms with Gasteiger partial charge in [0.1, 0.15) is 23.0 Å². The summed E-state index contributed by atoms with van der Waals surface area (Å²) in [6.07, 6.45) is 0. The monoisotopic (exact) mass is 297 g/mol. The Morgan fingerprint density at radius 1 is 0.857 bits per heavy atom. The first-order valence-electron chi connectivity index (χ1n) is 6.14. The lowest BCUT2D eigenvalue weighted by Crippen LogP contribution is -2.05. The van der Waals surface area contributed by atoms with Crippen LogP contribution in [0.2, 0.25) is 0 Å². The highest BCUT2D eigenvalue weighted by Gasteiger charge is 2.11. The smallest absolute Gasteiger partial charge is 0.152 e. The molecule has 0 bridgehead atoms. The van der Waals surface area contributed by atoms with E-state index in [0.717, 1.165) is 0 Å². The summed E-state index contributed by atoms with van der Waals surface area (Å²) >= 11 is 0.